The molecule has 1 aromatic heterocycles. The topological polar surface area (TPSA) is 55.9 Å². The summed E-state index contributed by atoms with van der Waals surface area (Å²) < 4.78 is 1.98. The lowest BCUT2D eigenvalue weighted by Gasteiger charge is -2.35. The SMILES string of the molecule is CC1CC(C)CC(C(NN)c2cn(C)cn2)C1. The van der Waals surface area contributed by atoms with Crippen LogP contribution in [0.5, 0.6) is 0 Å². The van der Waals surface area contributed by atoms with Crippen LogP contribution in [-0.2, 0) is 7.05 Å². The van der Waals surface area contributed by atoms with Crippen molar-refractivity contribution in [3.8, 4) is 0 Å². The molecule has 0 radical (unpaired) electrons. The van der Waals surface area contributed by atoms with Crippen LogP contribution in [0.15, 0.2) is 12.5 Å². The van der Waals surface area contributed by atoms with Crippen molar-refractivity contribution in [3.05, 3.63) is 18.2 Å². The van der Waals surface area contributed by atoms with Gasteiger partial charge in [-0.3, -0.25) is 11.3 Å². The zero-order valence-electron chi connectivity index (χ0n) is 11.1. The number of rotatable bonds is 3. The monoisotopic (exact) mass is 236 g/mol. The molecule has 4 heteroatoms. The first-order chi connectivity index (χ1) is 8.10. The molecule has 1 aromatic rings. The molecule has 3 N–H and O–H groups in total. The summed E-state index contributed by atoms with van der Waals surface area (Å²) in [6.07, 6.45) is 7.74. The fraction of sp³-hybridized carbons (Fsp3) is 0.769. The van der Waals surface area contributed by atoms with Crippen LogP contribution in [0.2, 0.25) is 0 Å². The number of nitrogens with zero attached hydrogens (tertiary/aromatic N) is 2. The smallest absolute Gasteiger partial charge is 0.0947 e. The summed E-state index contributed by atoms with van der Waals surface area (Å²) in [5, 5.41) is 0. The molecule has 3 unspecified atom stereocenters. The van der Waals surface area contributed by atoms with Crippen LogP contribution in [0.1, 0.15) is 44.8 Å². The van der Waals surface area contributed by atoms with Gasteiger partial charge in [-0.05, 0) is 37.0 Å². The zero-order chi connectivity index (χ0) is 12.4. The molecule has 1 aliphatic rings. The van der Waals surface area contributed by atoms with E-state index >= 15 is 0 Å². The van der Waals surface area contributed by atoms with Gasteiger partial charge in [0.05, 0.1) is 18.1 Å². The van der Waals surface area contributed by atoms with E-state index in [4.69, 9.17) is 5.84 Å². The van der Waals surface area contributed by atoms with Crippen LogP contribution in [0.25, 0.3) is 0 Å². The van der Waals surface area contributed by atoms with Crippen LogP contribution < -0.4 is 11.3 Å². The van der Waals surface area contributed by atoms with Crippen LogP contribution in [0, 0.1) is 17.8 Å². The van der Waals surface area contributed by atoms with Gasteiger partial charge < -0.3 is 4.57 Å². The summed E-state index contributed by atoms with van der Waals surface area (Å²) in [6.45, 7) is 4.68. The van der Waals surface area contributed by atoms with Gasteiger partial charge in [0.1, 0.15) is 0 Å². The third-order valence-electron chi connectivity index (χ3n) is 3.91. The maximum Gasteiger partial charge on any atom is 0.0947 e. The summed E-state index contributed by atoms with van der Waals surface area (Å²) in [5.41, 5.74) is 4.04. The van der Waals surface area contributed by atoms with Crippen molar-refractivity contribution in [3.63, 3.8) is 0 Å². The molecule has 1 fully saturated rings. The van der Waals surface area contributed by atoms with E-state index in [0.717, 1.165) is 17.5 Å². The molecule has 1 heterocycles. The lowest BCUT2D eigenvalue weighted by molar-refractivity contribution is 0.175. The predicted molar refractivity (Wildman–Crippen MR) is 68.9 cm³/mol. The molecule has 0 saturated heterocycles. The van der Waals surface area contributed by atoms with E-state index in [1.807, 2.05) is 17.9 Å². The van der Waals surface area contributed by atoms with E-state index < -0.39 is 0 Å². The van der Waals surface area contributed by atoms with Crippen molar-refractivity contribution in [1.29, 1.82) is 0 Å². The first-order valence-corrected chi connectivity index (χ1v) is 6.54. The van der Waals surface area contributed by atoms with Crippen LogP contribution in [0.3, 0.4) is 0 Å². The second-order valence-corrected chi connectivity index (χ2v) is 5.79. The third kappa shape index (κ3) is 2.87. The molecule has 2 rings (SSSR count). The highest BCUT2D eigenvalue weighted by Gasteiger charge is 2.31. The normalized spacial score (nSPS) is 31.4. The molecule has 0 spiro atoms. The number of nitrogens with one attached hydrogen (secondary N) is 1. The highest BCUT2D eigenvalue weighted by atomic mass is 15.2. The Bertz CT molecular complexity index is 350. The molecule has 0 aliphatic heterocycles. The van der Waals surface area contributed by atoms with Gasteiger partial charge in [-0.25, -0.2) is 4.98 Å². The van der Waals surface area contributed by atoms with E-state index in [2.05, 4.69) is 30.5 Å². The highest BCUT2D eigenvalue weighted by molar-refractivity contribution is 5.06. The Balaban J connectivity index is 2.12. The van der Waals surface area contributed by atoms with Gasteiger partial charge in [-0.2, -0.15) is 0 Å². The fourth-order valence-electron chi connectivity index (χ4n) is 3.34. The minimum absolute atomic E-state index is 0.196. The standard InChI is InChI=1S/C13H24N4/c1-9-4-10(2)6-11(5-9)13(16-14)12-7-17(3)8-15-12/h7-11,13,16H,4-6,14H2,1-3H3. The predicted octanol–water partition coefficient (Wildman–Crippen LogP) is 2.00. The summed E-state index contributed by atoms with van der Waals surface area (Å²) in [5.74, 6) is 7.93. The van der Waals surface area contributed by atoms with Crippen LogP contribution in [0.4, 0.5) is 0 Å². The van der Waals surface area contributed by atoms with E-state index in [9.17, 15) is 0 Å². The van der Waals surface area contributed by atoms with Crippen molar-refractivity contribution in [1.82, 2.24) is 15.0 Å². The van der Waals surface area contributed by atoms with Crippen molar-refractivity contribution >= 4 is 0 Å². The fourth-order valence-corrected chi connectivity index (χ4v) is 3.34. The van der Waals surface area contributed by atoms with Crippen LogP contribution in [-0.4, -0.2) is 9.55 Å². The Morgan fingerprint density at radius 1 is 1.35 bits per heavy atom. The number of aryl methyl sites for hydroxylation is 1. The van der Waals surface area contributed by atoms with Crippen LogP contribution >= 0.6 is 0 Å². The van der Waals surface area contributed by atoms with E-state index in [-0.39, 0.29) is 6.04 Å². The summed E-state index contributed by atoms with van der Waals surface area (Å²) in [4.78, 5) is 4.43. The second-order valence-electron chi connectivity index (χ2n) is 5.79. The van der Waals surface area contributed by atoms with E-state index in [1.165, 1.54) is 19.3 Å². The van der Waals surface area contributed by atoms with Gasteiger partial charge in [0.2, 0.25) is 0 Å². The molecular weight excluding hydrogens is 212 g/mol. The van der Waals surface area contributed by atoms with Gasteiger partial charge in [-0.15, -0.1) is 0 Å². The molecule has 0 aromatic carbocycles. The van der Waals surface area contributed by atoms with Gasteiger partial charge in [-0.1, -0.05) is 13.8 Å². The minimum Gasteiger partial charge on any atom is -0.340 e. The number of imidazole rings is 1. The quantitative estimate of drug-likeness (QED) is 0.623. The van der Waals surface area contributed by atoms with Crippen molar-refractivity contribution in [2.24, 2.45) is 30.6 Å². The highest BCUT2D eigenvalue weighted by Crippen LogP contribution is 2.38. The Morgan fingerprint density at radius 3 is 2.47 bits per heavy atom. The third-order valence-corrected chi connectivity index (χ3v) is 3.91. The molecule has 0 amide bonds. The lowest BCUT2D eigenvalue weighted by Crippen LogP contribution is -2.37. The zero-order valence-corrected chi connectivity index (χ0v) is 11.1. The Kier molecular flexibility index (Phi) is 3.84. The van der Waals surface area contributed by atoms with E-state index in [1.54, 1.807) is 0 Å². The number of nitrogens with two attached hydrogens (primary N) is 1. The largest absolute Gasteiger partial charge is 0.340 e. The summed E-state index contributed by atoms with van der Waals surface area (Å²) in [7, 11) is 2.00. The number of hydrogen-bond acceptors (Lipinski definition) is 3. The lowest BCUT2D eigenvalue weighted by atomic mass is 9.73. The first kappa shape index (κ1) is 12.6. The van der Waals surface area contributed by atoms with Gasteiger partial charge in [0, 0.05) is 13.2 Å². The van der Waals surface area contributed by atoms with Gasteiger partial charge in [0.25, 0.3) is 0 Å². The van der Waals surface area contributed by atoms with E-state index in [0.29, 0.717) is 5.92 Å². The molecule has 1 saturated carbocycles. The average Bonchev–Trinajstić information content (AvgIpc) is 2.64. The van der Waals surface area contributed by atoms with Crippen molar-refractivity contribution in [2.75, 3.05) is 0 Å². The van der Waals surface area contributed by atoms with Gasteiger partial charge in [0.15, 0.2) is 0 Å². The second kappa shape index (κ2) is 5.19. The summed E-state index contributed by atoms with van der Waals surface area (Å²) in [6, 6.07) is 0.196. The number of hydrogen-bond donors (Lipinski definition) is 2. The number of aromatic nitrogens is 2. The maximum atomic E-state index is 5.74. The Morgan fingerprint density at radius 2 is 2.00 bits per heavy atom. The molecule has 1 aliphatic carbocycles. The van der Waals surface area contributed by atoms with Crippen molar-refractivity contribution < 1.29 is 0 Å². The van der Waals surface area contributed by atoms with Gasteiger partial charge >= 0.3 is 0 Å². The summed E-state index contributed by atoms with van der Waals surface area (Å²) >= 11 is 0. The Hall–Kier alpha value is -0.870. The molecule has 17 heavy (non-hydrogen) atoms. The number of hydrazine groups is 1. The molecule has 4 nitrogen and oxygen atoms in total. The minimum atomic E-state index is 0.196. The average molecular weight is 236 g/mol. The molecule has 3 atom stereocenters. The Labute approximate surface area is 104 Å². The maximum absolute atomic E-state index is 5.74. The first-order valence-electron chi connectivity index (χ1n) is 6.54. The molecular formula is C13H24N4. The van der Waals surface area contributed by atoms with Crippen molar-refractivity contribution in [2.45, 2.75) is 39.2 Å². The molecule has 96 valence electrons. The molecule has 0 bridgehead atoms.